The van der Waals surface area contributed by atoms with Gasteiger partial charge in [0.1, 0.15) is 0 Å². The Balaban J connectivity index is 1.69. The molecule has 1 aliphatic heterocycles. The molecule has 30 heavy (non-hydrogen) atoms. The van der Waals surface area contributed by atoms with E-state index in [-0.39, 0.29) is 10.8 Å². The van der Waals surface area contributed by atoms with Crippen molar-refractivity contribution >= 4 is 38.1 Å². The van der Waals surface area contributed by atoms with Gasteiger partial charge in [0.15, 0.2) is 0 Å². The van der Waals surface area contributed by atoms with Gasteiger partial charge in [0.25, 0.3) is 10.0 Å². The van der Waals surface area contributed by atoms with Gasteiger partial charge in [-0.1, -0.05) is 30.3 Å². The summed E-state index contributed by atoms with van der Waals surface area (Å²) in [6.45, 7) is 3.06. The molecule has 156 valence electrons. The highest BCUT2D eigenvalue weighted by molar-refractivity contribution is 7.93. The van der Waals surface area contributed by atoms with E-state index < -0.39 is 10.0 Å². The first-order valence-electron chi connectivity index (χ1n) is 10.0. The lowest BCUT2D eigenvalue weighted by atomic mass is 9.86. The highest BCUT2D eigenvalue weighted by Gasteiger charge is 2.25. The van der Waals surface area contributed by atoms with Gasteiger partial charge >= 0.3 is 0 Å². The number of amides is 1. The number of hydrogen-bond donors (Lipinski definition) is 2. The van der Waals surface area contributed by atoms with Crippen molar-refractivity contribution in [1.82, 2.24) is 4.90 Å². The second kappa shape index (κ2) is 7.99. The van der Waals surface area contributed by atoms with Crippen LogP contribution in [0.15, 0.2) is 65.6 Å². The topological polar surface area (TPSA) is 92.5 Å². The Morgan fingerprint density at radius 2 is 1.60 bits per heavy atom. The predicted octanol–water partition coefficient (Wildman–Crippen LogP) is 3.95. The number of benzene rings is 3. The third-order valence-electron chi connectivity index (χ3n) is 5.75. The second-order valence-corrected chi connectivity index (χ2v) is 9.36. The molecular weight excluding hydrogens is 398 g/mol. The lowest BCUT2D eigenvalue weighted by molar-refractivity contribution is -0.129. The van der Waals surface area contributed by atoms with Crippen molar-refractivity contribution in [2.75, 3.05) is 23.5 Å². The minimum atomic E-state index is -3.76. The van der Waals surface area contributed by atoms with Crippen LogP contribution in [0.5, 0.6) is 0 Å². The molecule has 3 N–H and O–H groups in total. The van der Waals surface area contributed by atoms with Crippen molar-refractivity contribution in [3.8, 4) is 0 Å². The minimum Gasteiger partial charge on any atom is -0.399 e. The van der Waals surface area contributed by atoms with E-state index in [0.717, 1.165) is 36.9 Å². The highest BCUT2D eigenvalue weighted by Crippen LogP contribution is 2.36. The fourth-order valence-corrected chi connectivity index (χ4v) is 5.42. The second-order valence-electron chi connectivity index (χ2n) is 7.71. The molecule has 3 aromatic rings. The molecular formula is C23H25N3O3S. The third-order valence-corrected chi connectivity index (χ3v) is 7.19. The van der Waals surface area contributed by atoms with Crippen LogP contribution in [0.1, 0.15) is 31.2 Å². The average molecular weight is 424 g/mol. The van der Waals surface area contributed by atoms with Gasteiger partial charge in [0.2, 0.25) is 5.91 Å². The first-order chi connectivity index (χ1) is 14.3. The lowest BCUT2D eigenvalue weighted by Gasteiger charge is -2.32. The first-order valence-corrected chi connectivity index (χ1v) is 11.5. The SMILES string of the molecule is CC(=O)N1CCC(c2ccc(S(=O)(=O)Nc3ccc(N)cc3)c3ccccc23)CC1. The van der Waals surface area contributed by atoms with E-state index in [1.165, 1.54) is 0 Å². The normalized spacial score (nSPS) is 15.3. The number of carbonyl (C=O) groups is 1. The maximum Gasteiger partial charge on any atom is 0.262 e. The van der Waals surface area contributed by atoms with E-state index >= 15 is 0 Å². The number of sulfonamides is 1. The first kappa shape index (κ1) is 20.2. The largest absolute Gasteiger partial charge is 0.399 e. The van der Waals surface area contributed by atoms with E-state index in [9.17, 15) is 13.2 Å². The molecule has 1 fully saturated rings. The van der Waals surface area contributed by atoms with Crippen molar-refractivity contribution in [2.45, 2.75) is 30.6 Å². The van der Waals surface area contributed by atoms with Crippen molar-refractivity contribution in [3.63, 3.8) is 0 Å². The molecule has 0 saturated carbocycles. The van der Waals surface area contributed by atoms with Crippen molar-refractivity contribution in [2.24, 2.45) is 0 Å². The smallest absolute Gasteiger partial charge is 0.262 e. The Kier molecular flexibility index (Phi) is 5.39. The quantitative estimate of drug-likeness (QED) is 0.622. The summed E-state index contributed by atoms with van der Waals surface area (Å²) in [4.78, 5) is 13.7. The van der Waals surface area contributed by atoms with Gasteiger partial charge in [-0.2, -0.15) is 0 Å². The zero-order valence-electron chi connectivity index (χ0n) is 16.8. The molecule has 4 rings (SSSR count). The summed E-state index contributed by atoms with van der Waals surface area (Å²) < 4.78 is 28.9. The summed E-state index contributed by atoms with van der Waals surface area (Å²) in [6.07, 6.45) is 1.75. The van der Waals surface area contributed by atoms with Crippen LogP contribution in [0.4, 0.5) is 11.4 Å². The van der Waals surface area contributed by atoms with Crippen molar-refractivity contribution < 1.29 is 13.2 Å². The van der Waals surface area contributed by atoms with Crippen LogP contribution in [-0.2, 0) is 14.8 Å². The molecule has 1 amide bonds. The van der Waals surface area contributed by atoms with Crippen LogP contribution in [0, 0.1) is 0 Å². The number of nitrogen functional groups attached to an aromatic ring is 1. The molecule has 1 saturated heterocycles. The van der Waals surface area contributed by atoms with Gasteiger partial charge in [0, 0.05) is 36.8 Å². The number of hydrogen-bond acceptors (Lipinski definition) is 4. The Labute approximate surface area is 176 Å². The number of rotatable bonds is 4. The van der Waals surface area contributed by atoms with Gasteiger partial charge in [-0.15, -0.1) is 0 Å². The Hall–Kier alpha value is -3.06. The van der Waals surface area contributed by atoms with E-state index in [4.69, 9.17) is 5.73 Å². The van der Waals surface area contributed by atoms with Crippen LogP contribution in [0.25, 0.3) is 10.8 Å². The number of nitrogens with two attached hydrogens (primary N) is 1. The molecule has 0 atom stereocenters. The van der Waals surface area contributed by atoms with Crippen LogP contribution >= 0.6 is 0 Å². The van der Waals surface area contributed by atoms with Crippen LogP contribution < -0.4 is 10.5 Å². The number of fused-ring (bicyclic) bond motifs is 1. The molecule has 7 heteroatoms. The van der Waals surface area contributed by atoms with Crippen LogP contribution in [-0.4, -0.2) is 32.3 Å². The molecule has 0 spiro atoms. The number of nitrogens with zero attached hydrogens (tertiary/aromatic N) is 1. The molecule has 6 nitrogen and oxygen atoms in total. The maximum absolute atomic E-state index is 13.1. The predicted molar refractivity (Wildman–Crippen MR) is 120 cm³/mol. The average Bonchev–Trinajstić information content (AvgIpc) is 2.74. The minimum absolute atomic E-state index is 0.105. The number of anilines is 2. The van der Waals surface area contributed by atoms with Gasteiger partial charge < -0.3 is 10.6 Å². The van der Waals surface area contributed by atoms with E-state index in [1.807, 2.05) is 35.2 Å². The van der Waals surface area contributed by atoms with Gasteiger partial charge in [-0.3, -0.25) is 9.52 Å². The number of nitrogens with one attached hydrogen (secondary N) is 1. The maximum atomic E-state index is 13.1. The Morgan fingerprint density at radius 1 is 0.967 bits per heavy atom. The molecule has 0 unspecified atom stereocenters. The monoisotopic (exact) mass is 423 g/mol. The molecule has 0 radical (unpaired) electrons. The summed E-state index contributed by atoms with van der Waals surface area (Å²) in [5.74, 6) is 0.404. The molecule has 0 aliphatic carbocycles. The Morgan fingerprint density at radius 3 is 2.23 bits per heavy atom. The fourth-order valence-electron chi connectivity index (χ4n) is 4.15. The number of carbonyl (C=O) groups excluding carboxylic acids is 1. The molecule has 0 aromatic heterocycles. The molecule has 3 aromatic carbocycles. The third kappa shape index (κ3) is 3.98. The number of likely N-dealkylation sites (tertiary alicyclic amines) is 1. The van der Waals surface area contributed by atoms with Gasteiger partial charge in [0.05, 0.1) is 4.90 Å². The zero-order valence-corrected chi connectivity index (χ0v) is 17.7. The van der Waals surface area contributed by atoms with Gasteiger partial charge in [-0.05, 0) is 60.0 Å². The van der Waals surface area contributed by atoms with Crippen molar-refractivity contribution in [1.29, 1.82) is 0 Å². The fraction of sp³-hybridized carbons (Fsp3) is 0.261. The van der Waals surface area contributed by atoms with Crippen LogP contribution in [0.2, 0.25) is 0 Å². The zero-order chi connectivity index (χ0) is 21.3. The van der Waals surface area contributed by atoms with Gasteiger partial charge in [-0.25, -0.2) is 8.42 Å². The van der Waals surface area contributed by atoms with E-state index in [0.29, 0.717) is 22.7 Å². The van der Waals surface area contributed by atoms with E-state index in [1.54, 1.807) is 37.3 Å². The summed E-state index contributed by atoms with van der Waals surface area (Å²) in [6, 6.07) is 17.8. The molecule has 0 bridgehead atoms. The summed E-state index contributed by atoms with van der Waals surface area (Å²) in [5.41, 5.74) is 7.87. The summed E-state index contributed by atoms with van der Waals surface area (Å²) in [7, 11) is -3.76. The molecule has 1 aliphatic rings. The van der Waals surface area contributed by atoms with Crippen LogP contribution in [0.3, 0.4) is 0 Å². The lowest BCUT2D eigenvalue weighted by Crippen LogP contribution is -2.36. The standard InChI is InChI=1S/C23H25N3O3S/c1-16(27)26-14-12-17(13-15-26)20-10-11-23(22-5-3-2-4-21(20)22)30(28,29)25-19-8-6-18(24)7-9-19/h2-11,17,25H,12-15,24H2,1H3. The summed E-state index contributed by atoms with van der Waals surface area (Å²) in [5, 5.41) is 1.64. The highest BCUT2D eigenvalue weighted by atomic mass is 32.2. The summed E-state index contributed by atoms with van der Waals surface area (Å²) >= 11 is 0. The van der Waals surface area contributed by atoms with E-state index in [2.05, 4.69) is 4.72 Å². The Bertz CT molecular complexity index is 1180. The van der Waals surface area contributed by atoms with Crippen molar-refractivity contribution in [3.05, 3.63) is 66.2 Å². The number of piperidine rings is 1. The molecule has 1 heterocycles.